The highest BCUT2D eigenvalue weighted by molar-refractivity contribution is 6.31. The summed E-state index contributed by atoms with van der Waals surface area (Å²) in [6.07, 6.45) is -2.51. The van der Waals surface area contributed by atoms with Gasteiger partial charge in [-0.15, -0.1) is 0 Å². The second kappa shape index (κ2) is 8.55. The SMILES string of the molecule is COc1ccc(OC)c(-c2[nH]c3c(C(F)(F)F)cc(Cl)cc3c2CCCCN)c1. The molecule has 0 radical (unpaired) electrons. The van der Waals surface area contributed by atoms with Gasteiger partial charge in [-0.3, -0.25) is 0 Å². The third kappa shape index (κ3) is 4.31. The van der Waals surface area contributed by atoms with Crippen molar-refractivity contribution in [2.24, 2.45) is 5.73 Å². The van der Waals surface area contributed by atoms with E-state index in [4.69, 9.17) is 26.8 Å². The van der Waals surface area contributed by atoms with Gasteiger partial charge in [0.05, 0.1) is 31.0 Å². The second-order valence-electron chi connectivity index (χ2n) is 6.66. The minimum absolute atomic E-state index is 0.00419. The lowest BCUT2D eigenvalue weighted by Crippen LogP contribution is -2.05. The Morgan fingerprint density at radius 2 is 1.83 bits per heavy atom. The van der Waals surface area contributed by atoms with Crippen LogP contribution in [0.1, 0.15) is 24.0 Å². The predicted octanol–water partition coefficient (Wildman–Crippen LogP) is 5.81. The molecule has 2 aromatic carbocycles. The van der Waals surface area contributed by atoms with Crippen LogP contribution >= 0.6 is 11.6 Å². The number of H-pyrrole nitrogens is 1. The van der Waals surface area contributed by atoms with E-state index >= 15 is 0 Å². The summed E-state index contributed by atoms with van der Waals surface area (Å²) >= 11 is 6.05. The molecule has 0 saturated carbocycles. The van der Waals surface area contributed by atoms with Gasteiger partial charge in [0.1, 0.15) is 11.5 Å². The highest BCUT2D eigenvalue weighted by atomic mass is 35.5. The molecule has 29 heavy (non-hydrogen) atoms. The summed E-state index contributed by atoms with van der Waals surface area (Å²) in [4.78, 5) is 2.99. The van der Waals surface area contributed by atoms with E-state index < -0.39 is 11.7 Å². The van der Waals surface area contributed by atoms with Gasteiger partial charge < -0.3 is 20.2 Å². The van der Waals surface area contributed by atoms with Crippen LogP contribution in [0.2, 0.25) is 5.02 Å². The molecule has 3 N–H and O–H groups in total. The van der Waals surface area contributed by atoms with E-state index in [2.05, 4.69) is 4.98 Å². The number of methoxy groups -OCH3 is 2. The molecule has 1 aromatic heterocycles. The Bertz CT molecular complexity index is 1020. The summed E-state index contributed by atoms with van der Waals surface area (Å²) in [5.74, 6) is 1.10. The summed E-state index contributed by atoms with van der Waals surface area (Å²) in [6, 6.07) is 7.70. The van der Waals surface area contributed by atoms with Gasteiger partial charge in [0, 0.05) is 16.0 Å². The second-order valence-corrected chi connectivity index (χ2v) is 7.10. The van der Waals surface area contributed by atoms with Crippen LogP contribution in [0.25, 0.3) is 22.2 Å². The lowest BCUT2D eigenvalue weighted by atomic mass is 9.98. The van der Waals surface area contributed by atoms with Gasteiger partial charge in [-0.1, -0.05) is 11.6 Å². The number of hydrogen-bond acceptors (Lipinski definition) is 3. The van der Waals surface area contributed by atoms with Gasteiger partial charge in [-0.05, 0) is 61.7 Å². The monoisotopic (exact) mass is 426 g/mol. The third-order valence-corrected chi connectivity index (χ3v) is 5.06. The zero-order chi connectivity index (χ0) is 21.2. The van der Waals surface area contributed by atoms with Gasteiger partial charge in [-0.2, -0.15) is 13.2 Å². The number of hydrogen-bond donors (Lipinski definition) is 2. The Balaban J connectivity index is 2.32. The molecule has 0 aliphatic rings. The summed E-state index contributed by atoms with van der Waals surface area (Å²) in [5, 5.41) is 0.481. The average molecular weight is 427 g/mol. The van der Waals surface area contributed by atoms with Crippen LogP contribution in [-0.4, -0.2) is 25.7 Å². The van der Waals surface area contributed by atoms with Crippen molar-refractivity contribution in [2.45, 2.75) is 25.4 Å². The minimum Gasteiger partial charge on any atom is -0.497 e. The fourth-order valence-corrected chi connectivity index (χ4v) is 3.70. The standard InChI is InChI=1S/C21H22ClF3N2O2/c1-28-13-6-7-18(29-2)16(11-13)19-14(5-3-4-8-26)15-9-12(22)10-17(20(15)27-19)21(23,24)25/h6-7,9-11,27H,3-5,8,26H2,1-2H3. The number of ether oxygens (including phenoxy) is 2. The van der Waals surface area contributed by atoms with Gasteiger partial charge in [0.25, 0.3) is 0 Å². The van der Waals surface area contributed by atoms with Crippen molar-refractivity contribution in [1.29, 1.82) is 0 Å². The number of halogens is 4. The summed E-state index contributed by atoms with van der Waals surface area (Å²) in [5.41, 5.74) is 6.73. The molecule has 0 saturated heterocycles. The largest absolute Gasteiger partial charge is 0.497 e. The van der Waals surface area contributed by atoms with Crippen LogP contribution in [0.15, 0.2) is 30.3 Å². The quantitative estimate of drug-likeness (QED) is 0.469. The van der Waals surface area contributed by atoms with Gasteiger partial charge in [0.15, 0.2) is 0 Å². The van der Waals surface area contributed by atoms with Crippen LogP contribution in [0, 0.1) is 0 Å². The van der Waals surface area contributed by atoms with Crippen molar-refractivity contribution in [2.75, 3.05) is 20.8 Å². The molecule has 4 nitrogen and oxygen atoms in total. The maximum atomic E-state index is 13.7. The number of fused-ring (bicyclic) bond motifs is 1. The molecule has 8 heteroatoms. The average Bonchev–Trinajstić information content (AvgIpc) is 3.04. The Hall–Kier alpha value is -2.38. The molecule has 0 bridgehead atoms. The van der Waals surface area contributed by atoms with E-state index in [0.717, 1.165) is 24.5 Å². The predicted molar refractivity (Wildman–Crippen MR) is 109 cm³/mol. The summed E-state index contributed by atoms with van der Waals surface area (Å²) in [7, 11) is 3.04. The van der Waals surface area contributed by atoms with Crippen LogP contribution in [-0.2, 0) is 12.6 Å². The molecule has 3 rings (SSSR count). The van der Waals surface area contributed by atoms with E-state index in [1.165, 1.54) is 14.2 Å². The first kappa shape index (κ1) is 21.3. The zero-order valence-corrected chi connectivity index (χ0v) is 16.9. The van der Waals surface area contributed by atoms with Crippen molar-refractivity contribution in [3.8, 4) is 22.8 Å². The fraction of sp³-hybridized carbons (Fsp3) is 0.333. The number of aromatic nitrogens is 1. The molecule has 156 valence electrons. The Morgan fingerprint density at radius 1 is 1.07 bits per heavy atom. The molecule has 1 heterocycles. The Kier molecular flexibility index (Phi) is 6.29. The maximum Gasteiger partial charge on any atom is 0.418 e. The normalized spacial score (nSPS) is 11.8. The zero-order valence-electron chi connectivity index (χ0n) is 16.1. The number of aromatic amines is 1. The molecule has 0 aliphatic heterocycles. The van der Waals surface area contributed by atoms with E-state index in [1.807, 2.05) is 0 Å². The number of unbranched alkanes of at least 4 members (excludes halogenated alkanes) is 1. The topological polar surface area (TPSA) is 60.3 Å². The van der Waals surface area contributed by atoms with E-state index in [1.54, 1.807) is 24.3 Å². The van der Waals surface area contributed by atoms with Gasteiger partial charge >= 0.3 is 6.18 Å². The molecular weight excluding hydrogens is 405 g/mol. The minimum atomic E-state index is -4.54. The Labute approximate surface area is 171 Å². The first-order valence-electron chi connectivity index (χ1n) is 9.14. The van der Waals surface area contributed by atoms with Crippen LogP contribution in [0.5, 0.6) is 11.5 Å². The smallest absolute Gasteiger partial charge is 0.418 e. The van der Waals surface area contributed by atoms with Crippen molar-refractivity contribution < 1.29 is 22.6 Å². The van der Waals surface area contributed by atoms with E-state index in [9.17, 15) is 13.2 Å². The van der Waals surface area contributed by atoms with Crippen molar-refractivity contribution in [1.82, 2.24) is 4.98 Å². The maximum absolute atomic E-state index is 13.7. The van der Waals surface area contributed by atoms with E-state index in [0.29, 0.717) is 41.1 Å². The number of alkyl halides is 3. The van der Waals surface area contributed by atoms with Crippen molar-refractivity contribution in [3.63, 3.8) is 0 Å². The van der Waals surface area contributed by atoms with Crippen LogP contribution in [0.3, 0.4) is 0 Å². The molecule has 0 amide bonds. The highest BCUT2D eigenvalue weighted by Crippen LogP contribution is 2.43. The number of nitrogens with one attached hydrogen (secondary N) is 1. The van der Waals surface area contributed by atoms with Crippen LogP contribution in [0.4, 0.5) is 13.2 Å². The Morgan fingerprint density at radius 3 is 2.45 bits per heavy atom. The number of nitrogens with two attached hydrogens (primary N) is 1. The lowest BCUT2D eigenvalue weighted by molar-refractivity contribution is -0.136. The van der Waals surface area contributed by atoms with Crippen molar-refractivity contribution >= 4 is 22.5 Å². The number of aryl methyl sites for hydroxylation is 1. The lowest BCUT2D eigenvalue weighted by Gasteiger charge is -2.12. The summed E-state index contributed by atoms with van der Waals surface area (Å²) < 4.78 is 51.8. The molecular formula is C21H22ClF3N2O2. The molecule has 0 aliphatic carbocycles. The molecule has 0 unspecified atom stereocenters. The summed E-state index contributed by atoms with van der Waals surface area (Å²) in [6.45, 7) is 0.509. The first-order chi connectivity index (χ1) is 13.8. The van der Waals surface area contributed by atoms with Crippen LogP contribution < -0.4 is 15.2 Å². The van der Waals surface area contributed by atoms with Gasteiger partial charge in [0.2, 0.25) is 0 Å². The molecule has 0 fully saturated rings. The number of rotatable bonds is 7. The van der Waals surface area contributed by atoms with Gasteiger partial charge in [-0.25, -0.2) is 0 Å². The fourth-order valence-electron chi connectivity index (χ4n) is 3.48. The number of benzene rings is 2. The molecule has 0 atom stereocenters. The molecule has 3 aromatic rings. The highest BCUT2D eigenvalue weighted by Gasteiger charge is 2.35. The van der Waals surface area contributed by atoms with E-state index in [-0.39, 0.29) is 10.5 Å². The first-order valence-corrected chi connectivity index (χ1v) is 9.51. The molecule has 0 spiro atoms. The third-order valence-electron chi connectivity index (χ3n) is 4.84. The van der Waals surface area contributed by atoms with Crippen molar-refractivity contribution in [3.05, 3.63) is 46.5 Å².